The Hall–Kier alpha value is -0.430. The van der Waals surface area contributed by atoms with Gasteiger partial charge in [0.15, 0.2) is 0 Å². The summed E-state index contributed by atoms with van der Waals surface area (Å²) in [5.41, 5.74) is 0. The minimum atomic E-state index is -0.406. The van der Waals surface area contributed by atoms with Gasteiger partial charge in [0, 0.05) is 5.38 Å². The van der Waals surface area contributed by atoms with Crippen molar-refractivity contribution >= 4 is 26.9 Å². The predicted molar refractivity (Wildman–Crippen MR) is 39.7 cm³/mol. The molecular formula is C2H6B2N2O3S. The molecule has 0 aliphatic rings. The topological polar surface area (TPSA) is 75.5 Å². The van der Waals surface area contributed by atoms with E-state index in [1.807, 2.05) is 5.38 Å². The van der Waals surface area contributed by atoms with Crippen LogP contribution in [0.15, 0.2) is 11.6 Å². The Morgan fingerprint density at radius 1 is 1.40 bits per heavy atom. The van der Waals surface area contributed by atoms with E-state index in [1.54, 1.807) is 6.20 Å². The van der Waals surface area contributed by atoms with Gasteiger partial charge in [0.05, 0.1) is 6.20 Å². The summed E-state index contributed by atoms with van der Waals surface area (Å²) in [5, 5.41) is 20.7. The van der Waals surface area contributed by atoms with E-state index in [0.717, 1.165) is 0 Å². The van der Waals surface area contributed by atoms with E-state index in [0.29, 0.717) is 0 Å². The van der Waals surface area contributed by atoms with Crippen LogP contribution in [0.5, 0.6) is 0 Å². The average molecular weight is 160 g/mol. The Kier molecular flexibility index (Phi) is 8.20. The van der Waals surface area contributed by atoms with E-state index >= 15 is 0 Å². The summed E-state index contributed by atoms with van der Waals surface area (Å²) >= 11 is 1.35. The van der Waals surface area contributed by atoms with Gasteiger partial charge in [-0.25, -0.2) is 0 Å². The molecule has 0 bridgehead atoms. The maximum Gasteiger partial charge on any atom is 0.421 e. The Bertz CT molecular complexity index is 109. The van der Waals surface area contributed by atoms with Crippen LogP contribution in [0.1, 0.15) is 0 Å². The lowest BCUT2D eigenvalue weighted by molar-refractivity contribution is 0.408. The van der Waals surface area contributed by atoms with Crippen LogP contribution in [-0.2, 0) is 4.57 Å². The molecule has 54 valence electrons. The van der Waals surface area contributed by atoms with Crippen molar-refractivity contribution in [2.24, 2.45) is 0 Å². The minimum Gasteiger partial charge on any atom is -0.457 e. The maximum absolute atomic E-state index is 7.68. The molecule has 0 aliphatic heterocycles. The third-order valence-electron chi connectivity index (χ3n) is 0.465. The SMILES string of the molecule is OBOBO.c1csnn1. The standard InChI is InChI=1S/C2H2N2S.B2H4O3/c1-2-5-4-3-1;3-1-5-2-4/h1-2H;1-4H. The third-order valence-corrected chi connectivity index (χ3v) is 0.897. The van der Waals surface area contributed by atoms with Crippen molar-refractivity contribution in [3.8, 4) is 0 Å². The lowest BCUT2D eigenvalue weighted by atomic mass is 10.3. The fraction of sp³-hybridized carbons (Fsp3) is 0. The molecule has 0 spiro atoms. The van der Waals surface area contributed by atoms with E-state index < -0.39 is 15.4 Å². The van der Waals surface area contributed by atoms with Crippen LogP contribution >= 0.6 is 11.5 Å². The molecule has 0 aliphatic carbocycles. The van der Waals surface area contributed by atoms with E-state index in [2.05, 4.69) is 14.2 Å². The van der Waals surface area contributed by atoms with Gasteiger partial charge in [-0.15, -0.1) is 5.10 Å². The van der Waals surface area contributed by atoms with Crippen LogP contribution in [0, 0.1) is 0 Å². The maximum atomic E-state index is 7.68. The molecule has 8 heteroatoms. The highest BCUT2D eigenvalue weighted by molar-refractivity contribution is 7.03. The van der Waals surface area contributed by atoms with Crippen molar-refractivity contribution in [2.75, 3.05) is 0 Å². The number of hydrogen-bond donors (Lipinski definition) is 2. The Morgan fingerprint density at radius 3 is 2.20 bits per heavy atom. The smallest absolute Gasteiger partial charge is 0.421 e. The minimum absolute atomic E-state index is 0.406. The number of nitrogens with zero attached hydrogens (tertiary/aromatic N) is 2. The van der Waals surface area contributed by atoms with Crippen molar-refractivity contribution in [1.29, 1.82) is 0 Å². The molecule has 1 heterocycles. The summed E-state index contributed by atoms with van der Waals surface area (Å²) in [6.45, 7) is 0. The zero-order valence-electron chi connectivity index (χ0n) is 5.17. The molecule has 0 saturated carbocycles. The first kappa shape index (κ1) is 9.57. The first-order valence-corrected chi connectivity index (χ1v) is 3.26. The largest absolute Gasteiger partial charge is 0.457 e. The quantitative estimate of drug-likeness (QED) is 0.492. The molecule has 0 unspecified atom stereocenters. The van der Waals surface area contributed by atoms with Crippen molar-refractivity contribution in [3.05, 3.63) is 11.6 Å². The fourth-order valence-electron chi connectivity index (χ4n) is 0.177. The summed E-state index contributed by atoms with van der Waals surface area (Å²) in [6.07, 6.45) is 1.66. The van der Waals surface area contributed by atoms with E-state index in [9.17, 15) is 0 Å². The fourth-order valence-corrected chi connectivity index (χ4v) is 0.449. The van der Waals surface area contributed by atoms with E-state index in [1.165, 1.54) is 11.5 Å². The third kappa shape index (κ3) is 7.57. The van der Waals surface area contributed by atoms with Gasteiger partial charge in [0.25, 0.3) is 0 Å². The van der Waals surface area contributed by atoms with Crippen molar-refractivity contribution in [3.63, 3.8) is 0 Å². The Balaban J connectivity index is 0.000000162. The molecule has 5 nitrogen and oxygen atoms in total. The lowest BCUT2D eigenvalue weighted by Crippen LogP contribution is -2.00. The zero-order chi connectivity index (χ0) is 7.66. The van der Waals surface area contributed by atoms with Crippen LogP contribution in [0.4, 0.5) is 0 Å². The number of aromatic nitrogens is 2. The normalized spacial score (nSPS) is 7.40. The highest BCUT2D eigenvalue weighted by Gasteiger charge is 1.77. The molecular weight excluding hydrogens is 154 g/mol. The molecule has 1 aromatic rings. The summed E-state index contributed by atoms with van der Waals surface area (Å²) in [7, 11) is -0.812. The van der Waals surface area contributed by atoms with Crippen molar-refractivity contribution in [2.45, 2.75) is 0 Å². The monoisotopic (exact) mass is 160 g/mol. The molecule has 0 aromatic carbocycles. The number of rotatable bonds is 2. The molecule has 10 heavy (non-hydrogen) atoms. The zero-order valence-corrected chi connectivity index (χ0v) is 5.99. The first-order valence-electron chi connectivity index (χ1n) is 2.42. The van der Waals surface area contributed by atoms with Crippen molar-refractivity contribution in [1.82, 2.24) is 9.59 Å². The average Bonchev–Trinajstić information content (AvgIpc) is 2.44. The van der Waals surface area contributed by atoms with Crippen LogP contribution in [-0.4, -0.2) is 35.0 Å². The van der Waals surface area contributed by atoms with Crippen LogP contribution in [0.2, 0.25) is 0 Å². The van der Waals surface area contributed by atoms with Crippen LogP contribution in [0.25, 0.3) is 0 Å². The van der Waals surface area contributed by atoms with Gasteiger partial charge in [-0.3, -0.25) is 0 Å². The first-order chi connectivity index (χ1) is 4.91. The second-order valence-electron chi connectivity index (χ2n) is 1.05. The second-order valence-corrected chi connectivity index (χ2v) is 1.70. The highest BCUT2D eigenvalue weighted by Crippen LogP contribution is 1.78. The van der Waals surface area contributed by atoms with Gasteiger partial charge < -0.3 is 14.6 Å². The molecule has 0 saturated heterocycles. The molecule has 0 fully saturated rings. The second kappa shape index (κ2) is 8.57. The Morgan fingerprint density at radius 2 is 2.10 bits per heavy atom. The molecule has 1 aromatic heterocycles. The van der Waals surface area contributed by atoms with Crippen LogP contribution < -0.4 is 0 Å². The lowest BCUT2D eigenvalue weighted by Gasteiger charge is -1.80. The molecule has 2 N–H and O–H groups in total. The van der Waals surface area contributed by atoms with Gasteiger partial charge in [0.2, 0.25) is 0 Å². The highest BCUT2D eigenvalue weighted by atomic mass is 32.1. The molecule has 0 amide bonds. The van der Waals surface area contributed by atoms with Gasteiger partial charge >= 0.3 is 15.4 Å². The van der Waals surface area contributed by atoms with Gasteiger partial charge in [0.1, 0.15) is 0 Å². The molecule has 0 radical (unpaired) electrons. The molecule has 1 rings (SSSR count). The summed E-state index contributed by atoms with van der Waals surface area (Å²) in [5.74, 6) is 0. The van der Waals surface area contributed by atoms with Gasteiger partial charge in [-0.2, -0.15) is 0 Å². The number of hydrogen-bond acceptors (Lipinski definition) is 6. The van der Waals surface area contributed by atoms with Gasteiger partial charge in [-0.05, 0) is 11.5 Å². The Labute approximate surface area is 63.4 Å². The van der Waals surface area contributed by atoms with E-state index in [4.69, 9.17) is 10.0 Å². The summed E-state index contributed by atoms with van der Waals surface area (Å²) in [6, 6.07) is 0. The summed E-state index contributed by atoms with van der Waals surface area (Å²) < 4.78 is 7.46. The summed E-state index contributed by atoms with van der Waals surface area (Å²) in [4.78, 5) is 0. The van der Waals surface area contributed by atoms with Crippen molar-refractivity contribution < 1.29 is 14.6 Å². The van der Waals surface area contributed by atoms with Gasteiger partial charge in [-0.1, -0.05) is 4.49 Å². The predicted octanol–water partition coefficient (Wildman–Crippen LogP) is -1.94. The van der Waals surface area contributed by atoms with E-state index in [-0.39, 0.29) is 0 Å². The van der Waals surface area contributed by atoms with Crippen LogP contribution in [0.3, 0.4) is 0 Å². The molecule has 0 atom stereocenters.